The van der Waals surface area contributed by atoms with E-state index in [1.807, 2.05) is 45.9 Å². The monoisotopic (exact) mass is 642 g/mol. The third-order valence-electron chi connectivity index (χ3n) is 7.38. The van der Waals surface area contributed by atoms with E-state index in [-0.39, 0.29) is 23.9 Å². The van der Waals surface area contributed by atoms with Gasteiger partial charge in [-0.2, -0.15) is 10.2 Å². The van der Waals surface area contributed by atoms with Gasteiger partial charge in [0.15, 0.2) is 5.88 Å². The van der Waals surface area contributed by atoms with Crippen LogP contribution in [0.2, 0.25) is 0 Å². The molecule has 0 aliphatic heterocycles. The maximum absolute atomic E-state index is 14.2. The highest BCUT2D eigenvalue weighted by Crippen LogP contribution is 2.34. The molecule has 0 bridgehead atoms. The zero-order chi connectivity index (χ0) is 34.1. The molecule has 0 amide bonds. The Kier molecular flexibility index (Phi) is 12.3. The molecule has 0 saturated carbocycles. The molecule has 0 spiro atoms. The first-order valence-electron chi connectivity index (χ1n) is 15.1. The summed E-state index contributed by atoms with van der Waals surface area (Å²) in [5.74, 6) is 0.781. The number of nitriles is 1. The van der Waals surface area contributed by atoms with Gasteiger partial charge < -0.3 is 20.5 Å². The number of hydrogen-bond donors (Lipinski definition) is 3. The fourth-order valence-corrected chi connectivity index (χ4v) is 5.11. The molecule has 0 fully saturated rings. The van der Waals surface area contributed by atoms with Gasteiger partial charge in [0.1, 0.15) is 11.5 Å². The molecule has 3 rings (SSSR count). The van der Waals surface area contributed by atoms with E-state index in [4.69, 9.17) is 4.74 Å². The Hall–Kier alpha value is -4.87. The van der Waals surface area contributed by atoms with Crippen molar-refractivity contribution < 1.29 is 9.84 Å². The van der Waals surface area contributed by atoms with Crippen molar-refractivity contribution >= 4 is 31.9 Å². The molecule has 0 saturated heterocycles. The van der Waals surface area contributed by atoms with Gasteiger partial charge in [-0.15, -0.1) is 9.24 Å². The van der Waals surface area contributed by atoms with Crippen LogP contribution in [-0.4, -0.2) is 26.3 Å². The lowest BCUT2D eigenvalue weighted by atomic mass is 10.1. The maximum atomic E-state index is 14.2. The highest BCUT2D eigenvalue weighted by Gasteiger charge is 2.19. The lowest BCUT2D eigenvalue weighted by molar-refractivity contribution is 0.386. The van der Waals surface area contributed by atoms with Gasteiger partial charge >= 0.3 is 11.4 Å². The van der Waals surface area contributed by atoms with Crippen LogP contribution < -0.4 is 32.1 Å². The van der Waals surface area contributed by atoms with Gasteiger partial charge in [-0.3, -0.25) is 4.57 Å². The summed E-state index contributed by atoms with van der Waals surface area (Å²) < 4.78 is 8.37. The van der Waals surface area contributed by atoms with Gasteiger partial charge in [-0.25, -0.2) is 14.2 Å². The van der Waals surface area contributed by atoms with Crippen molar-refractivity contribution in [1.29, 1.82) is 5.26 Å². The van der Waals surface area contributed by atoms with E-state index in [1.54, 1.807) is 45.2 Å². The summed E-state index contributed by atoms with van der Waals surface area (Å²) in [4.78, 5) is 32.1. The van der Waals surface area contributed by atoms with Crippen molar-refractivity contribution in [3.8, 4) is 17.6 Å². The summed E-state index contributed by atoms with van der Waals surface area (Å²) >= 11 is 0. The average Bonchev–Trinajstić information content (AvgIpc) is 3.01. The average molecular weight is 643 g/mol. The number of phenolic OH excluding ortho intramolecular Hbond substituents is 1. The molecule has 0 aliphatic carbocycles. The SMILES string of the molecule is C\C=C(/C=C(C)\C=C(/C)CC)n1c(=O)nc(Nc2cc(O/C(=C/CC)NC)c(C)cc2O)n(Cc2cc(C#N)c(P)cc2C)c1=O. The van der Waals surface area contributed by atoms with Crippen molar-refractivity contribution in [1.82, 2.24) is 19.4 Å². The summed E-state index contributed by atoms with van der Waals surface area (Å²) in [5, 5.41) is 27.3. The minimum atomic E-state index is -0.793. The molecular weight excluding hydrogens is 599 g/mol. The third-order valence-corrected chi connectivity index (χ3v) is 7.86. The largest absolute Gasteiger partial charge is 0.506 e. The number of nitrogens with zero attached hydrogens (tertiary/aromatic N) is 4. The lowest BCUT2D eigenvalue weighted by Crippen LogP contribution is -2.42. The number of ether oxygens (including phenoxy) is 1. The zero-order valence-corrected chi connectivity index (χ0v) is 28.9. The van der Waals surface area contributed by atoms with Crippen LogP contribution >= 0.6 is 9.24 Å². The second-order valence-corrected chi connectivity index (χ2v) is 11.6. The smallest absolute Gasteiger partial charge is 0.359 e. The molecule has 1 heterocycles. The fourth-order valence-electron chi connectivity index (χ4n) is 4.71. The molecule has 0 radical (unpaired) electrons. The van der Waals surface area contributed by atoms with Crippen LogP contribution in [0.15, 0.2) is 75.2 Å². The van der Waals surface area contributed by atoms with E-state index in [0.29, 0.717) is 34.0 Å². The van der Waals surface area contributed by atoms with Gasteiger partial charge in [-0.05, 0) is 99.3 Å². The minimum absolute atomic E-state index is 0.00638. The standard InChI is InChI=1S/C35H43N6O4P/c1-9-12-32(37-8)45-30-18-28(29(42)15-24(30)7)38-33-39-34(43)41(27(11-3)14-22(5)13-21(4)10-2)35(44)40(33)20-26-17-25(19-36)31(46)16-23(26)6/h11-18,37,42H,9-10,20,46H2,1-8H3,(H,38,39,43)/b21-13+,22-14-,27-11+,32-12+. The number of nitrogens with one attached hydrogen (secondary N) is 2. The van der Waals surface area contributed by atoms with Crippen LogP contribution in [0.1, 0.15) is 69.7 Å². The van der Waals surface area contributed by atoms with Gasteiger partial charge in [-0.1, -0.05) is 37.6 Å². The minimum Gasteiger partial charge on any atom is -0.506 e. The number of benzene rings is 2. The van der Waals surface area contributed by atoms with Gasteiger partial charge in [0.2, 0.25) is 5.95 Å². The fraction of sp³-hybridized carbons (Fsp3) is 0.314. The number of aromatic nitrogens is 3. The van der Waals surface area contributed by atoms with Crippen LogP contribution in [0.4, 0.5) is 11.6 Å². The van der Waals surface area contributed by atoms with Gasteiger partial charge in [0, 0.05) is 13.1 Å². The molecule has 10 nitrogen and oxygen atoms in total. The summed E-state index contributed by atoms with van der Waals surface area (Å²) in [6.45, 7) is 13.4. The first kappa shape index (κ1) is 35.6. The quantitative estimate of drug-likeness (QED) is 0.0962. The molecule has 3 N–H and O–H groups in total. The molecule has 46 heavy (non-hydrogen) atoms. The number of aromatic hydroxyl groups is 1. The molecular formula is C35H43N6O4P. The first-order valence-corrected chi connectivity index (χ1v) is 15.7. The van der Waals surface area contributed by atoms with E-state index in [9.17, 15) is 20.0 Å². The number of allylic oxidation sites excluding steroid dienone is 7. The number of rotatable bonds is 12. The number of aryl methyl sites for hydroxylation is 2. The number of anilines is 2. The molecule has 1 aromatic heterocycles. The summed E-state index contributed by atoms with van der Waals surface area (Å²) in [6, 6.07) is 8.86. The normalized spacial score (nSPS) is 12.6. The predicted molar refractivity (Wildman–Crippen MR) is 189 cm³/mol. The number of hydrogen-bond acceptors (Lipinski definition) is 8. The summed E-state index contributed by atoms with van der Waals surface area (Å²) in [7, 11) is 4.29. The Bertz CT molecular complexity index is 1910. The Morgan fingerprint density at radius 3 is 2.46 bits per heavy atom. The third kappa shape index (κ3) is 8.43. The highest BCUT2D eigenvalue weighted by atomic mass is 31.0. The molecule has 3 aromatic rings. The van der Waals surface area contributed by atoms with Crippen molar-refractivity contribution in [2.75, 3.05) is 12.4 Å². The van der Waals surface area contributed by atoms with Crippen LogP contribution in [0.3, 0.4) is 0 Å². The number of phenols is 1. The second-order valence-electron chi connectivity index (χ2n) is 10.9. The molecule has 0 aliphatic rings. The van der Waals surface area contributed by atoms with Crippen LogP contribution in [-0.2, 0) is 6.54 Å². The van der Waals surface area contributed by atoms with Crippen molar-refractivity contribution in [3.63, 3.8) is 0 Å². The van der Waals surface area contributed by atoms with Crippen LogP contribution in [0.5, 0.6) is 11.5 Å². The Labute approximate surface area is 272 Å². The molecule has 11 heteroatoms. The van der Waals surface area contributed by atoms with E-state index < -0.39 is 11.4 Å². The Balaban J connectivity index is 2.28. The zero-order valence-electron chi connectivity index (χ0n) is 27.8. The van der Waals surface area contributed by atoms with E-state index in [2.05, 4.69) is 37.9 Å². The second kappa shape index (κ2) is 15.9. The van der Waals surface area contributed by atoms with E-state index in [0.717, 1.165) is 39.4 Å². The Morgan fingerprint density at radius 2 is 1.85 bits per heavy atom. The van der Waals surface area contributed by atoms with E-state index >= 15 is 0 Å². The van der Waals surface area contributed by atoms with Crippen LogP contribution in [0, 0.1) is 25.2 Å². The van der Waals surface area contributed by atoms with Gasteiger partial charge in [0.25, 0.3) is 0 Å². The molecule has 1 unspecified atom stereocenters. The molecule has 2 aromatic carbocycles. The van der Waals surface area contributed by atoms with Gasteiger partial charge in [0.05, 0.1) is 29.6 Å². The molecule has 1 atom stereocenters. The topological polar surface area (TPSA) is 134 Å². The summed E-state index contributed by atoms with van der Waals surface area (Å²) in [5.41, 5.74) is 3.79. The van der Waals surface area contributed by atoms with Crippen molar-refractivity contribution in [3.05, 3.63) is 109 Å². The maximum Gasteiger partial charge on any atom is 0.359 e. The predicted octanol–water partition coefficient (Wildman–Crippen LogP) is 5.90. The summed E-state index contributed by atoms with van der Waals surface area (Å²) in [6.07, 6.45) is 8.94. The van der Waals surface area contributed by atoms with E-state index in [1.165, 1.54) is 10.6 Å². The lowest BCUT2D eigenvalue weighted by Gasteiger charge is -2.19. The Morgan fingerprint density at radius 1 is 1.13 bits per heavy atom. The highest BCUT2D eigenvalue weighted by molar-refractivity contribution is 7.27. The first-order chi connectivity index (χ1) is 21.9. The van der Waals surface area contributed by atoms with Crippen molar-refractivity contribution in [2.24, 2.45) is 0 Å². The van der Waals surface area contributed by atoms with Crippen LogP contribution in [0.25, 0.3) is 5.70 Å². The molecule has 242 valence electrons. The van der Waals surface area contributed by atoms with Crippen molar-refractivity contribution in [2.45, 2.75) is 67.9 Å².